The maximum Gasteiger partial charge on any atom is 0.405 e. The Hall–Kier alpha value is -2.32. The molecule has 0 bridgehead atoms. The van der Waals surface area contributed by atoms with Crippen LogP contribution in [0.2, 0.25) is 0 Å². The van der Waals surface area contributed by atoms with Gasteiger partial charge >= 0.3 is 18.0 Å². The van der Waals surface area contributed by atoms with Gasteiger partial charge in [-0.3, -0.25) is 9.59 Å². The molecule has 2 heterocycles. The maximum absolute atomic E-state index is 12.0. The van der Waals surface area contributed by atoms with Crippen molar-refractivity contribution in [2.24, 2.45) is 5.92 Å². The second kappa shape index (κ2) is 7.98. The minimum Gasteiger partial charge on any atom is -0.357 e. The molecule has 0 saturated carbocycles. The van der Waals surface area contributed by atoms with Crippen molar-refractivity contribution in [3.05, 3.63) is 24.4 Å². The number of aromatic nitrogens is 1. The molecule has 0 aromatic carbocycles. The average Bonchev–Trinajstić information content (AvgIpc) is 2.58. The molecule has 1 aromatic heterocycles. The normalized spacial score (nSPS) is 15.9. The van der Waals surface area contributed by atoms with E-state index in [1.54, 1.807) is 11.5 Å². The van der Waals surface area contributed by atoms with E-state index in [1.165, 1.54) is 0 Å². The van der Waals surface area contributed by atoms with Gasteiger partial charge in [0.05, 0.1) is 0 Å². The molecule has 9 heteroatoms. The molecule has 1 aliphatic rings. The van der Waals surface area contributed by atoms with Crippen LogP contribution in [-0.2, 0) is 9.59 Å². The molecule has 0 spiro atoms. The molecule has 1 aromatic rings. The van der Waals surface area contributed by atoms with Crippen LogP contribution in [0.4, 0.5) is 19.0 Å². The van der Waals surface area contributed by atoms with Gasteiger partial charge in [0.2, 0.25) is 0 Å². The lowest BCUT2D eigenvalue weighted by molar-refractivity contribution is -0.146. The van der Waals surface area contributed by atoms with Crippen LogP contribution in [-0.4, -0.2) is 49.2 Å². The third kappa shape index (κ3) is 5.71. The van der Waals surface area contributed by atoms with E-state index in [4.69, 9.17) is 0 Å². The quantitative estimate of drug-likeness (QED) is 0.802. The Labute approximate surface area is 137 Å². The molecule has 6 nitrogen and oxygen atoms in total. The number of carbonyl (C=O) groups is 2. The summed E-state index contributed by atoms with van der Waals surface area (Å²) in [5.74, 6) is -1.22. The van der Waals surface area contributed by atoms with Crippen molar-refractivity contribution in [2.75, 3.05) is 31.1 Å². The van der Waals surface area contributed by atoms with Crippen molar-refractivity contribution in [1.29, 1.82) is 0 Å². The molecular weight excluding hydrogens is 325 g/mol. The molecule has 2 amide bonds. The molecule has 1 saturated heterocycles. The number of nitrogens with zero attached hydrogens (tertiary/aromatic N) is 2. The highest BCUT2D eigenvalue weighted by Gasteiger charge is 2.29. The second-order valence-corrected chi connectivity index (χ2v) is 5.63. The molecule has 2 N–H and O–H groups in total. The lowest BCUT2D eigenvalue weighted by Crippen LogP contribution is -2.45. The van der Waals surface area contributed by atoms with Gasteiger partial charge in [-0.2, -0.15) is 13.2 Å². The Bertz CT molecular complexity index is 558. The molecule has 132 valence electrons. The van der Waals surface area contributed by atoms with Gasteiger partial charge in [-0.05, 0) is 30.9 Å². The summed E-state index contributed by atoms with van der Waals surface area (Å²) in [6, 6.07) is 5.68. The third-order valence-corrected chi connectivity index (χ3v) is 3.79. The minimum absolute atomic E-state index is 0.185. The van der Waals surface area contributed by atoms with Gasteiger partial charge in [-0.15, -0.1) is 0 Å². The highest BCUT2D eigenvalue weighted by molar-refractivity contribution is 6.35. The molecule has 2 rings (SSSR count). The van der Waals surface area contributed by atoms with E-state index in [-0.39, 0.29) is 12.5 Å². The molecule has 24 heavy (non-hydrogen) atoms. The minimum atomic E-state index is -4.53. The van der Waals surface area contributed by atoms with Crippen molar-refractivity contribution in [1.82, 2.24) is 15.6 Å². The van der Waals surface area contributed by atoms with Crippen molar-refractivity contribution in [3.8, 4) is 0 Å². The number of amides is 2. The van der Waals surface area contributed by atoms with Crippen LogP contribution >= 0.6 is 0 Å². The fourth-order valence-electron chi connectivity index (χ4n) is 2.49. The lowest BCUT2D eigenvalue weighted by atomic mass is 9.97. The maximum atomic E-state index is 12.0. The van der Waals surface area contributed by atoms with Gasteiger partial charge in [0.1, 0.15) is 12.4 Å². The summed E-state index contributed by atoms with van der Waals surface area (Å²) >= 11 is 0. The topological polar surface area (TPSA) is 74.3 Å². The summed E-state index contributed by atoms with van der Waals surface area (Å²) in [5, 5.41) is 3.94. The number of carbonyl (C=O) groups excluding carboxylic acids is 2. The number of nitrogens with one attached hydrogen (secondary N) is 2. The summed E-state index contributed by atoms with van der Waals surface area (Å²) < 4.78 is 35.9. The summed E-state index contributed by atoms with van der Waals surface area (Å²) in [6.45, 7) is 0.311. The number of halogens is 3. The Morgan fingerprint density at radius 1 is 1.17 bits per heavy atom. The van der Waals surface area contributed by atoms with Crippen molar-refractivity contribution in [3.63, 3.8) is 0 Å². The molecule has 0 radical (unpaired) electrons. The first-order valence-electron chi connectivity index (χ1n) is 7.64. The molecule has 1 fully saturated rings. The van der Waals surface area contributed by atoms with Crippen LogP contribution in [0.3, 0.4) is 0 Å². The van der Waals surface area contributed by atoms with Gasteiger partial charge in [0.25, 0.3) is 0 Å². The number of hydrogen-bond donors (Lipinski definition) is 2. The van der Waals surface area contributed by atoms with Crippen LogP contribution in [0.15, 0.2) is 24.4 Å². The first-order chi connectivity index (χ1) is 11.3. The van der Waals surface area contributed by atoms with E-state index >= 15 is 0 Å². The van der Waals surface area contributed by atoms with E-state index in [9.17, 15) is 22.8 Å². The van der Waals surface area contributed by atoms with Crippen LogP contribution in [0.25, 0.3) is 0 Å². The lowest BCUT2D eigenvalue weighted by Gasteiger charge is -2.32. The first kappa shape index (κ1) is 18.0. The van der Waals surface area contributed by atoms with Gasteiger partial charge in [0.15, 0.2) is 0 Å². The Morgan fingerprint density at radius 3 is 2.42 bits per heavy atom. The van der Waals surface area contributed by atoms with Crippen molar-refractivity contribution < 1.29 is 22.8 Å². The largest absolute Gasteiger partial charge is 0.405 e. The Kier molecular flexibility index (Phi) is 5.99. The van der Waals surface area contributed by atoms with Crippen LogP contribution in [0.5, 0.6) is 0 Å². The number of alkyl halides is 3. The van der Waals surface area contributed by atoms with E-state index in [0.717, 1.165) is 31.7 Å². The highest BCUT2D eigenvalue weighted by Crippen LogP contribution is 2.20. The summed E-state index contributed by atoms with van der Waals surface area (Å²) in [7, 11) is 0. The molecular formula is C15H19F3N4O2. The van der Waals surface area contributed by atoms with Crippen LogP contribution < -0.4 is 15.5 Å². The third-order valence-electron chi connectivity index (χ3n) is 3.79. The number of piperidine rings is 1. The van der Waals surface area contributed by atoms with Gasteiger partial charge in [-0.1, -0.05) is 6.07 Å². The fourth-order valence-corrected chi connectivity index (χ4v) is 2.49. The zero-order valence-electron chi connectivity index (χ0n) is 13.0. The average molecular weight is 344 g/mol. The SMILES string of the molecule is O=C(NCC1CCN(c2ccccn2)CC1)C(=O)NCC(F)(F)F. The van der Waals surface area contributed by atoms with E-state index < -0.39 is 24.5 Å². The highest BCUT2D eigenvalue weighted by atomic mass is 19.4. The van der Waals surface area contributed by atoms with E-state index in [2.05, 4.69) is 15.2 Å². The monoisotopic (exact) mass is 344 g/mol. The summed E-state index contributed by atoms with van der Waals surface area (Å²) in [5.41, 5.74) is 0. The molecule has 0 aliphatic carbocycles. The molecule has 0 unspecified atom stereocenters. The van der Waals surface area contributed by atoms with Crippen LogP contribution in [0, 0.1) is 5.92 Å². The summed E-state index contributed by atoms with van der Waals surface area (Å²) in [6.07, 6.45) is -1.20. The predicted molar refractivity (Wildman–Crippen MR) is 81.2 cm³/mol. The molecule has 0 atom stereocenters. The Morgan fingerprint density at radius 2 is 1.83 bits per heavy atom. The first-order valence-corrected chi connectivity index (χ1v) is 7.64. The van der Waals surface area contributed by atoms with Gasteiger partial charge in [-0.25, -0.2) is 4.98 Å². The number of pyridine rings is 1. The zero-order chi connectivity index (χ0) is 17.6. The smallest absolute Gasteiger partial charge is 0.357 e. The molecule has 1 aliphatic heterocycles. The van der Waals surface area contributed by atoms with Gasteiger partial charge < -0.3 is 15.5 Å². The fraction of sp³-hybridized carbons (Fsp3) is 0.533. The zero-order valence-corrected chi connectivity index (χ0v) is 13.0. The van der Waals surface area contributed by atoms with Crippen molar-refractivity contribution >= 4 is 17.6 Å². The van der Waals surface area contributed by atoms with Gasteiger partial charge in [0, 0.05) is 25.8 Å². The van der Waals surface area contributed by atoms with E-state index in [1.807, 2.05) is 18.2 Å². The number of anilines is 1. The predicted octanol–water partition coefficient (Wildman–Crippen LogP) is 1.09. The van der Waals surface area contributed by atoms with Crippen LogP contribution in [0.1, 0.15) is 12.8 Å². The standard InChI is InChI=1S/C15H19F3N4O2/c16-15(17,18)10-21-14(24)13(23)20-9-11-4-7-22(8-5-11)12-3-1-2-6-19-12/h1-3,6,11H,4-5,7-10H2,(H,20,23)(H,21,24). The summed E-state index contributed by atoms with van der Waals surface area (Å²) in [4.78, 5) is 29.1. The second-order valence-electron chi connectivity index (χ2n) is 5.63. The van der Waals surface area contributed by atoms with Crippen molar-refractivity contribution in [2.45, 2.75) is 19.0 Å². The van der Waals surface area contributed by atoms with E-state index in [0.29, 0.717) is 0 Å². The number of hydrogen-bond acceptors (Lipinski definition) is 4. The number of rotatable bonds is 4. The Balaban J connectivity index is 1.69.